The van der Waals surface area contributed by atoms with Crippen LogP contribution in [0, 0.1) is 19.8 Å². The van der Waals surface area contributed by atoms with E-state index in [1.165, 1.54) is 0 Å². The molecule has 36 heavy (non-hydrogen) atoms. The van der Waals surface area contributed by atoms with E-state index < -0.39 is 12.1 Å². The van der Waals surface area contributed by atoms with Crippen molar-refractivity contribution in [2.75, 3.05) is 36.8 Å². The molecule has 2 aromatic carbocycles. The first-order valence-electron chi connectivity index (χ1n) is 12.0. The Hall–Kier alpha value is -2.97. The third-order valence-electron chi connectivity index (χ3n) is 6.53. The molecule has 0 bridgehead atoms. The highest BCUT2D eigenvalue weighted by Crippen LogP contribution is 2.25. The number of nitrogens with zero attached hydrogens (tertiary/aromatic N) is 2. The summed E-state index contributed by atoms with van der Waals surface area (Å²) in [6.07, 6.45) is 0.728. The molecule has 3 rings (SSSR count). The summed E-state index contributed by atoms with van der Waals surface area (Å²) in [6, 6.07) is 9.32. The first-order valence-corrected chi connectivity index (χ1v) is 12.8. The van der Waals surface area contributed by atoms with E-state index in [0.717, 1.165) is 23.2 Å². The van der Waals surface area contributed by atoms with Gasteiger partial charge >= 0.3 is 12.1 Å². The zero-order valence-electron chi connectivity index (χ0n) is 21.0. The van der Waals surface area contributed by atoms with Crippen LogP contribution in [0.2, 0.25) is 10.0 Å². The molecule has 0 radical (unpaired) electrons. The molecule has 5 amide bonds. The number of carbonyl (C=O) groups is 3. The van der Waals surface area contributed by atoms with Crippen LogP contribution in [0.3, 0.4) is 0 Å². The Balaban J connectivity index is 1.59. The van der Waals surface area contributed by atoms with Crippen molar-refractivity contribution in [1.82, 2.24) is 15.1 Å². The smallest absolute Gasteiger partial charge is 0.321 e. The van der Waals surface area contributed by atoms with Crippen molar-refractivity contribution >= 4 is 52.5 Å². The average Bonchev–Trinajstić information content (AvgIpc) is 2.86. The molecule has 10 heteroatoms. The number of piperazine rings is 1. The van der Waals surface area contributed by atoms with Gasteiger partial charge in [-0.3, -0.25) is 4.79 Å². The number of halogens is 2. The molecule has 0 saturated carbocycles. The Morgan fingerprint density at radius 3 is 2.11 bits per heavy atom. The number of hydrogen-bond acceptors (Lipinski definition) is 3. The fourth-order valence-electron chi connectivity index (χ4n) is 4.09. The molecule has 194 valence electrons. The second kappa shape index (κ2) is 12.3. The molecular formula is C26H33Cl2N5O3. The SMILES string of the molecule is CCC(C)C(NC(=O)Nc1c(C)cccc1C)C(=O)N1CCN(C(=O)Nc2ccc(Cl)c(Cl)c2)CC1. The molecule has 1 aliphatic heterocycles. The van der Waals surface area contributed by atoms with Gasteiger partial charge in [0.1, 0.15) is 6.04 Å². The average molecular weight is 534 g/mol. The number of amides is 5. The topological polar surface area (TPSA) is 93.8 Å². The van der Waals surface area contributed by atoms with Crippen LogP contribution in [0.1, 0.15) is 31.4 Å². The fraction of sp³-hybridized carbons (Fsp3) is 0.423. The Morgan fingerprint density at radius 2 is 1.53 bits per heavy atom. The summed E-state index contributed by atoms with van der Waals surface area (Å²) < 4.78 is 0. The maximum atomic E-state index is 13.4. The molecule has 1 saturated heterocycles. The van der Waals surface area contributed by atoms with Gasteiger partial charge in [-0.25, -0.2) is 9.59 Å². The van der Waals surface area contributed by atoms with Crippen LogP contribution in [0.25, 0.3) is 0 Å². The molecule has 2 atom stereocenters. The highest BCUT2D eigenvalue weighted by molar-refractivity contribution is 6.42. The number of carbonyl (C=O) groups excluding carboxylic acids is 3. The van der Waals surface area contributed by atoms with Gasteiger partial charge in [-0.2, -0.15) is 0 Å². The number of hydrogen-bond donors (Lipinski definition) is 3. The lowest BCUT2D eigenvalue weighted by atomic mass is 9.97. The van der Waals surface area contributed by atoms with Gasteiger partial charge in [-0.15, -0.1) is 0 Å². The summed E-state index contributed by atoms with van der Waals surface area (Å²) in [5.74, 6) is -0.206. The molecule has 1 aliphatic rings. The number of urea groups is 2. The third kappa shape index (κ3) is 6.83. The van der Waals surface area contributed by atoms with Gasteiger partial charge in [-0.05, 0) is 49.1 Å². The van der Waals surface area contributed by atoms with E-state index in [1.54, 1.807) is 28.0 Å². The van der Waals surface area contributed by atoms with Crippen LogP contribution in [0.5, 0.6) is 0 Å². The predicted octanol–water partition coefficient (Wildman–Crippen LogP) is 5.52. The highest BCUT2D eigenvalue weighted by Gasteiger charge is 2.33. The molecule has 8 nitrogen and oxygen atoms in total. The van der Waals surface area contributed by atoms with Gasteiger partial charge in [0.2, 0.25) is 5.91 Å². The van der Waals surface area contributed by atoms with Crippen LogP contribution >= 0.6 is 23.2 Å². The van der Waals surface area contributed by atoms with Crippen LogP contribution in [-0.2, 0) is 4.79 Å². The molecule has 1 fully saturated rings. The number of anilines is 2. The van der Waals surface area contributed by atoms with Gasteiger partial charge in [0, 0.05) is 37.6 Å². The summed E-state index contributed by atoms with van der Waals surface area (Å²) >= 11 is 12.0. The van der Waals surface area contributed by atoms with Crippen LogP contribution < -0.4 is 16.0 Å². The van der Waals surface area contributed by atoms with Gasteiger partial charge in [0.05, 0.1) is 10.0 Å². The minimum Gasteiger partial charge on any atom is -0.337 e. The Kier molecular flexibility index (Phi) is 9.45. The van der Waals surface area contributed by atoms with E-state index in [9.17, 15) is 14.4 Å². The van der Waals surface area contributed by atoms with E-state index in [2.05, 4.69) is 16.0 Å². The second-order valence-electron chi connectivity index (χ2n) is 9.10. The lowest BCUT2D eigenvalue weighted by molar-refractivity contribution is -0.135. The first kappa shape index (κ1) is 27.6. The van der Waals surface area contributed by atoms with Crippen molar-refractivity contribution in [3.05, 3.63) is 57.6 Å². The molecular weight excluding hydrogens is 501 g/mol. The zero-order chi connectivity index (χ0) is 26.4. The largest absolute Gasteiger partial charge is 0.337 e. The number of aryl methyl sites for hydroxylation is 2. The molecule has 2 unspecified atom stereocenters. The maximum Gasteiger partial charge on any atom is 0.321 e. The van der Waals surface area contributed by atoms with E-state index in [-0.39, 0.29) is 17.9 Å². The summed E-state index contributed by atoms with van der Waals surface area (Å²) in [5, 5.41) is 9.36. The Bertz CT molecular complexity index is 1100. The second-order valence-corrected chi connectivity index (χ2v) is 9.91. The zero-order valence-corrected chi connectivity index (χ0v) is 22.5. The lowest BCUT2D eigenvalue weighted by Gasteiger charge is -2.37. The lowest BCUT2D eigenvalue weighted by Crippen LogP contribution is -2.58. The number of nitrogens with one attached hydrogen (secondary N) is 3. The van der Waals surface area contributed by atoms with Gasteiger partial charge < -0.3 is 25.8 Å². The van der Waals surface area contributed by atoms with Gasteiger partial charge in [-0.1, -0.05) is 61.7 Å². The minimum atomic E-state index is -0.670. The number of para-hydroxylation sites is 1. The predicted molar refractivity (Wildman–Crippen MR) is 145 cm³/mol. The van der Waals surface area contributed by atoms with Gasteiger partial charge in [0.25, 0.3) is 0 Å². The van der Waals surface area contributed by atoms with Crippen molar-refractivity contribution < 1.29 is 14.4 Å². The molecule has 2 aromatic rings. The van der Waals surface area contributed by atoms with Gasteiger partial charge in [0.15, 0.2) is 0 Å². The molecule has 1 heterocycles. The van der Waals surface area contributed by atoms with Crippen molar-refractivity contribution in [3.8, 4) is 0 Å². The van der Waals surface area contributed by atoms with Crippen molar-refractivity contribution in [1.29, 1.82) is 0 Å². The molecule has 0 aliphatic carbocycles. The quantitative estimate of drug-likeness (QED) is 0.456. The Morgan fingerprint density at radius 1 is 0.917 bits per heavy atom. The summed E-state index contributed by atoms with van der Waals surface area (Å²) in [5.41, 5.74) is 3.19. The molecule has 0 spiro atoms. The van der Waals surface area contributed by atoms with Crippen LogP contribution in [0.4, 0.5) is 21.0 Å². The monoisotopic (exact) mass is 533 g/mol. The highest BCUT2D eigenvalue weighted by atomic mass is 35.5. The standard InChI is InChI=1S/C26H33Cl2N5O3/c1-5-16(2)23(31-25(35)30-22-17(3)7-6-8-18(22)4)24(34)32-11-13-33(14-12-32)26(36)29-19-9-10-20(27)21(28)15-19/h6-10,15-16,23H,5,11-14H2,1-4H3,(H,29,36)(H2,30,31,35). The summed E-state index contributed by atoms with van der Waals surface area (Å²) in [6.45, 7) is 9.29. The minimum absolute atomic E-state index is 0.0581. The van der Waals surface area contributed by atoms with E-state index in [4.69, 9.17) is 23.2 Å². The van der Waals surface area contributed by atoms with Crippen LogP contribution in [0.15, 0.2) is 36.4 Å². The fourth-order valence-corrected chi connectivity index (χ4v) is 4.39. The van der Waals surface area contributed by atoms with Crippen molar-refractivity contribution in [2.45, 2.75) is 40.2 Å². The van der Waals surface area contributed by atoms with E-state index >= 15 is 0 Å². The van der Waals surface area contributed by atoms with Crippen molar-refractivity contribution in [2.24, 2.45) is 5.92 Å². The first-order chi connectivity index (χ1) is 17.1. The molecule has 0 aromatic heterocycles. The normalized spacial score (nSPS) is 15.2. The Labute approximate surface area is 222 Å². The number of rotatable bonds is 6. The molecule has 3 N–H and O–H groups in total. The van der Waals surface area contributed by atoms with Crippen LogP contribution in [-0.4, -0.2) is 60.0 Å². The number of benzene rings is 2. The van der Waals surface area contributed by atoms with Crippen molar-refractivity contribution in [3.63, 3.8) is 0 Å². The summed E-state index contributed by atoms with van der Waals surface area (Å²) in [4.78, 5) is 42.2. The van der Waals surface area contributed by atoms with E-state index in [1.807, 2.05) is 45.9 Å². The summed E-state index contributed by atoms with van der Waals surface area (Å²) in [7, 11) is 0. The maximum absolute atomic E-state index is 13.4. The van der Waals surface area contributed by atoms with E-state index in [0.29, 0.717) is 41.9 Å². The third-order valence-corrected chi connectivity index (χ3v) is 7.27.